The number of nitrogens with one attached hydrogen (secondary N) is 1. The number of piperazine rings is 1. The van der Waals surface area contributed by atoms with Crippen molar-refractivity contribution in [2.24, 2.45) is 5.41 Å². The lowest BCUT2D eigenvalue weighted by Gasteiger charge is -2.59. The number of allylic oxidation sites excluding steroid dienone is 1. The van der Waals surface area contributed by atoms with E-state index in [9.17, 15) is 4.79 Å². The predicted molar refractivity (Wildman–Crippen MR) is 167 cm³/mol. The van der Waals surface area contributed by atoms with Gasteiger partial charge in [0.25, 0.3) is 0 Å². The SMILES string of the molecule is C/C=C/C(=O)N1CC2(CC(n3nc(N4CCN(C5COC5)CC45CCC5)c(-c4c(Cl)c(C)cc(N)c4C=N)c3C)C2)C1. The van der Waals surface area contributed by atoms with Gasteiger partial charge in [0.15, 0.2) is 5.82 Å². The molecule has 2 aromatic rings. The number of hydrogen-bond donors (Lipinski definition) is 2. The zero-order chi connectivity index (χ0) is 29.4. The van der Waals surface area contributed by atoms with Crippen LogP contribution in [0, 0.1) is 24.7 Å². The number of nitrogen functional groups attached to an aromatic ring is 1. The fourth-order valence-corrected chi connectivity index (χ4v) is 8.46. The third-order valence-electron chi connectivity index (χ3n) is 10.8. The largest absolute Gasteiger partial charge is 0.398 e. The van der Waals surface area contributed by atoms with Gasteiger partial charge in [-0.25, -0.2) is 0 Å². The number of amides is 1. The van der Waals surface area contributed by atoms with Gasteiger partial charge in [-0.3, -0.25) is 14.4 Å². The minimum absolute atomic E-state index is 0.0450. The van der Waals surface area contributed by atoms with Crippen LogP contribution in [-0.2, 0) is 9.53 Å². The highest BCUT2D eigenvalue weighted by atomic mass is 35.5. The Morgan fingerprint density at radius 1 is 1.14 bits per heavy atom. The van der Waals surface area contributed by atoms with Crippen LogP contribution >= 0.6 is 11.6 Å². The summed E-state index contributed by atoms with van der Waals surface area (Å²) in [6.07, 6.45) is 10.3. The number of aryl methyl sites for hydroxylation is 1. The molecule has 1 amide bonds. The summed E-state index contributed by atoms with van der Waals surface area (Å²) < 4.78 is 7.77. The molecule has 2 spiro atoms. The Balaban J connectivity index is 1.27. The second kappa shape index (κ2) is 10.1. The van der Waals surface area contributed by atoms with Crippen LogP contribution in [0.4, 0.5) is 11.5 Å². The number of carbonyl (C=O) groups excluding carboxylic acids is 1. The first-order chi connectivity index (χ1) is 20.2. The number of hydrogen-bond acceptors (Lipinski definition) is 7. The topological polar surface area (TPSA) is 104 Å². The summed E-state index contributed by atoms with van der Waals surface area (Å²) in [5.41, 5.74) is 11.8. The summed E-state index contributed by atoms with van der Waals surface area (Å²) in [7, 11) is 0. The van der Waals surface area contributed by atoms with Crippen LogP contribution in [0.2, 0.25) is 5.02 Å². The van der Waals surface area contributed by atoms with Crippen LogP contribution in [0.1, 0.15) is 61.9 Å². The molecule has 3 N–H and O–H groups in total. The number of carbonyl (C=O) groups is 1. The third kappa shape index (κ3) is 4.14. The van der Waals surface area contributed by atoms with Crippen LogP contribution in [-0.4, -0.2) is 89.2 Å². The maximum Gasteiger partial charge on any atom is 0.246 e. The van der Waals surface area contributed by atoms with Crippen LogP contribution in [0.5, 0.6) is 0 Å². The molecule has 3 saturated heterocycles. The van der Waals surface area contributed by atoms with Gasteiger partial charge in [0.05, 0.1) is 35.9 Å². The zero-order valence-electron chi connectivity index (χ0n) is 25.0. The Hall–Kier alpha value is -2.88. The molecule has 7 rings (SSSR count). The number of anilines is 2. The molecule has 4 heterocycles. The zero-order valence-corrected chi connectivity index (χ0v) is 25.7. The van der Waals surface area contributed by atoms with Crippen molar-refractivity contribution < 1.29 is 9.53 Å². The minimum Gasteiger partial charge on any atom is -0.398 e. The molecule has 9 nitrogen and oxygen atoms in total. The Morgan fingerprint density at radius 2 is 1.88 bits per heavy atom. The van der Waals surface area contributed by atoms with Gasteiger partial charge < -0.3 is 25.7 Å². The highest BCUT2D eigenvalue weighted by Gasteiger charge is 2.55. The van der Waals surface area contributed by atoms with Gasteiger partial charge in [0.1, 0.15) is 0 Å². The number of nitrogens with two attached hydrogens (primary N) is 1. The van der Waals surface area contributed by atoms with Gasteiger partial charge >= 0.3 is 0 Å². The van der Waals surface area contributed by atoms with Gasteiger partial charge in [-0.2, -0.15) is 5.10 Å². The molecular formula is C32H42ClN7O2. The molecule has 0 radical (unpaired) electrons. The van der Waals surface area contributed by atoms with Gasteiger partial charge in [0.2, 0.25) is 5.91 Å². The van der Waals surface area contributed by atoms with E-state index in [0.29, 0.717) is 22.3 Å². The van der Waals surface area contributed by atoms with E-state index in [4.69, 9.17) is 32.6 Å². The Morgan fingerprint density at radius 3 is 2.48 bits per heavy atom. The van der Waals surface area contributed by atoms with Crippen LogP contribution in [0.3, 0.4) is 0 Å². The first-order valence-electron chi connectivity index (χ1n) is 15.4. The smallest absolute Gasteiger partial charge is 0.246 e. The highest BCUT2D eigenvalue weighted by Crippen LogP contribution is 2.56. The van der Waals surface area contributed by atoms with Crippen molar-refractivity contribution >= 4 is 35.2 Å². The Labute approximate surface area is 253 Å². The maximum absolute atomic E-state index is 12.3. The molecule has 42 heavy (non-hydrogen) atoms. The molecule has 2 aliphatic carbocycles. The Kier molecular flexibility index (Phi) is 6.71. The first kappa shape index (κ1) is 27.9. The maximum atomic E-state index is 12.3. The van der Waals surface area contributed by atoms with Crippen molar-refractivity contribution in [3.63, 3.8) is 0 Å². The molecule has 5 fully saturated rings. The van der Waals surface area contributed by atoms with E-state index >= 15 is 0 Å². The quantitative estimate of drug-likeness (QED) is 0.289. The number of benzene rings is 1. The van der Waals surface area contributed by atoms with Crippen molar-refractivity contribution in [2.75, 3.05) is 56.6 Å². The van der Waals surface area contributed by atoms with Crippen molar-refractivity contribution in [1.29, 1.82) is 5.41 Å². The summed E-state index contributed by atoms with van der Waals surface area (Å²) >= 11 is 7.08. The van der Waals surface area contributed by atoms with Gasteiger partial charge in [-0.15, -0.1) is 0 Å². The third-order valence-corrected chi connectivity index (χ3v) is 11.2. The fourth-order valence-electron chi connectivity index (χ4n) is 8.21. The number of likely N-dealkylation sites (tertiary alicyclic amines) is 1. The summed E-state index contributed by atoms with van der Waals surface area (Å²) in [6, 6.07) is 2.66. The standard InChI is InChI=1S/C32H42ClN7O2/c1-4-6-26(41)38-17-31(18-38)12-22(13-31)40-21(3)27(28-24(14-34)25(35)11-20(2)29(28)33)30(36-40)39-10-9-37(23-15-42-16-23)19-32(39)7-5-8-32/h4,6,11,14,22-23,34H,5,7-10,12-13,15-19,35H2,1-3H3/b6-4+,34-14?. The second-order valence-corrected chi connectivity index (χ2v) is 13.8. The number of ether oxygens (including phenoxy) is 1. The lowest BCUT2D eigenvalue weighted by Crippen LogP contribution is -2.69. The molecule has 0 atom stereocenters. The molecule has 1 aromatic carbocycles. The highest BCUT2D eigenvalue weighted by molar-refractivity contribution is 6.35. The van der Waals surface area contributed by atoms with E-state index in [0.717, 1.165) is 99.8 Å². The van der Waals surface area contributed by atoms with Crippen LogP contribution < -0.4 is 10.6 Å². The molecule has 224 valence electrons. The van der Waals surface area contributed by atoms with E-state index in [-0.39, 0.29) is 22.9 Å². The molecular weight excluding hydrogens is 550 g/mol. The first-order valence-corrected chi connectivity index (χ1v) is 15.8. The van der Waals surface area contributed by atoms with Gasteiger partial charge in [-0.05, 0) is 70.6 Å². The fraction of sp³-hybridized carbons (Fsp3) is 0.594. The van der Waals surface area contributed by atoms with Crippen LogP contribution in [0.25, 0.3) is 11.1 Å². The number of nitrogens with zero attached hydrogens (tertiary/aromatic N) is 5. The van der Waals surface area contributed by atoms with Crippen molar-refractivity contribution in [3.05, 3.63) is 40.1 Å². The van der Waals surface area contributed by atoms with E-state index in [2.05, 4.69) is 21.4 Å². The molecule has 10 heteroatoms. The number of aromatic nitrogens is 2. The minimum atomic E-state index is 0.0450. The van der Waals surface area contributed by atoms with E-state index in [1.165, 1.54) is 12.6 Å². The monoisotopic (exact) mass is 591 g/mol. The summed E-state index contributed by atoms with van der Waals surface area (Å²) in [5.74, 6) is 1.09. The number of rotatable bonds is 6. The summed E-state index contributed by atoms with van der Waals surface area (Å²) in [4.78, 5) is 19.5. The molecule has 0 bridgehead atoms. The van der Waals surface area contributed by atoms with Crippen molar-refractivity contribution in [3.8, 4) is 11.1 Å². The van der Waals surface area contributed by atoms with Crippen LogP contribution in [0.15, 0.2) is 18.2 Å². The lowest BCUT2D eigenvalue weighted by atomic mass is 9.60. The van der Waals surface area contributed by atoms with Crippen molar-refractivity contribution in [2.45, 2.75) is 70.5 Å². The number of halogens is 1. The molecule has 1 aromatic heterocycles. The van der Waals surface area contributed by atoms with E-state index < -0.39 is 0 Å². The predicted octanol–water partition coefficient (Wildman–Crippen LogP) is 4.58. The normalized spacial score (nSPS) is 23.6. The van der Waals surface area contributed by atoms with E-state index in [1.54, 1.807) is 6.08 Å². The molecule has 5 aliphatic rings. The van der Waals surface area contributed by atoms with E-state index in [1.807, 2.05) is 30.9 Å². The van der Waals surface area contributed by atoms with Gasteiger partial charge in [-0.1, -0.05) is 17.7 Å². The average Bonchev–Trinajstić information content (AvgIpc) is 3.18. The molecule has 0 unspecified atom stereocenters. The van der Waals surface area contributed by atoms with Gasteiger partial charge in [0, 0.05) is 72.4 Å². The lowest BCUT2D eigenvalue weighted by molar-refractivity contribution is -0.149. The Bertz CT molecular complexity index is 1460. The summed E-state index contributed by atoms with van der Waals surface area (Å²) in [6.45, 7) is 12.2. The summed E-state index contributed by atoms with van der Waals surface area (Å²) in [5, 5.41) is 14.4. The molecule has 3 aliphatic heterocycles. The molecule has 2 saturated carbocycles. The second-order valence-electron chi connectivity index (χ2n) is 13.4. The average molecular weight is 592 g/mol. The van der Waals surface area contributed by atoms with Crippen molar-refractivity contribution in [1.82, 2.24) is 19.6 Å².